The van der Waals surface area contributed by atoms with Gasteiger partial charge in [0, 0.05) is 17.0 Å². The van der Waals surface area contributed by atoms with Crippen LogP contribution in [0.5, 0.6) is 0 Å². The van der Waals surface area contributed by atoms with Gasteiger partial charge in [0.05, 0.1) is 4.83 Å². The van der Waals surface area contributed by atoms with Crippen LogP contribution in [-0.4, -0.2) is 5.91 Å². The molecule has 1 N–H and O–H groups in total. The van der Waals surface area contributed by atoms with E-state index in [0.717, 1.165) is 24.9 Å². The van der Waals surface area contributed by atoms with Crippen LogP contribution in [-0.2, 0) is 17.6 Å². The molecule has 1 aromatic carbocycles. The van der Waals surface area contributed by atoms with Gasteiger partial charge in [0.2, 0.25) is 5.91 Å². The minimum atomic E-state index is 0.128. The van der Waals surface area contributed by atoms with E-state index in [9.17, 15) is 4.79 Å². The Balaban J connectivity index is 1.93. The maximum absolute atomic E-state index is 11.6. The number of hydrogen-bond acceptors (Lipinski definition) is 2. The smallest absolute Gasteiger partial charge is 0.224 e. The molecule has 1 atom stereocenters. The minimum absolute atomic E-state index is 0.128. The van der Waals surface area contributed by atoms with Gasteiger partial charge in [0.25, 0.3) is 0 Å². The number of thiophene rings is 1. The van der Waals surface area contributed by atoms with E-state index >= 15 is 0 Å². The number of aryl methyl sites for hydroxylation is 2. The zero-order valence-electron chi connectivity index (χ0n) is 12.0. The summed E-state index contributed by atoms with van der Waals surface area (Å²) in [5.74, 6) is 0.128. The average Bonchev–Trinajstić information content (AvgIpc) is 2.88. The van der Waals surface area contributed by atoms with Crippen molar-refractivity contribution in [2.75, 3.05) is 5.32 Å². The molecule has 1 unspecified atom stereocenters. The van der Waals surface area contributed by atoms with Gasteiger partial charge in [0.1, 0.15) is 0 Å². The second-order valence-electron chi connectivity index (χ2n) is 5.34. The van der Waals surface area contributed by atoms with Crippen molar-refractivity contribution in [2.45, 2.75) is 37.4 Å². The molecule has 0 spiro atoms. The number of rotatable bonds is 3. The lowest BCUT2D eigenvalue weighted by Crippen LogP contribution is -2.09. The van der Waals surface area contributed by atoms with Crippen molar-refractivity contribution < 1.29 is 4.79 Å². The summed E-state index contributed by atoms with van der Waals surface area (Å²) in [5.41, 5.74) is 4.90. The van der Waals surface area contributed by atoms with Crippen molar-refractivity contribution in [1.82, 2.24) is 0 Å². The van der Waals surface area contributed by atoms with E-state index in [1.54, 1.807) is 11.3 Å². The fraction of sp³-hybridized carbons (Fsp3) is 0.353. The summed E-state index contributed by atoms with van der Waals surface area (Å²) in [6, 6.07) is 8.60. The summed E-state index contributed by atoms with van der Waals surface area (Å²) in [6.07, 6.45) is 3.57. The zero-order valence-corrected chi connectivity index (χ0v) is 14.4. The third-order valence-electron chi connectivity index (χ3n) is 3.94. The molecule has 0 saturated carbocycles. The lowest BCUT2D eigenvalue weighted by molar-refractivity contribution is -0.116. The van der Waals surface area contributed by atoms with Crippen LogP contribution in [0.25, 0.3) is 0 Å². The van der Waals surface area contributed by atoms with Crippen LogP contribution < -0.4 is 5.32 Å². The van der Waals surface area contributed by atoms with Crippen molar-refractivity contribution in [3.63, 3.8) is 0 Å². The van der Waals surface area contributed by atoms with Gasteiger partial charge in [-0.1, -0.05) is 35.0 Å². The number of carbonyl (C=O) groups excluding carboxylic acids is 1. The number of fused-ring (bicyclic) bond motifs is 1. The van der Waals surface area contributed by atoms with Gasteiger partial charge in [-0.15, -0.1) is 11.3 Å². The average molecular weight is 364 g/mol. The molecule has 0 radical (unpaired) electrons. The van der Waals surface area contributed by atoms with Crippen molar-refractivity contribution >= 4 is 38.9 Å². The van der Waals surface area contributed by atoms with E-state index in [1.165, 1.54) is 21.6 Å². The lowest BCUT2D eigenvalue weighted by Gasteiger charge is -2.14. The Kier molecular flexibility index (Phi) is 4.45. The van der Waals surface area contributed by atoms with E-state index in [0.29, 0.717) is 6.42 Å². The summed E-state index contributed by atoms with van der Waals surface area (Å²) in [7, 11) is 0. The van der Waals surface area contributed by atoms with Gasteiger partial charge in [-0.05, 0) is 53.5 Å². The third kappa shape index (κ3) is 3.06. The minimum Gasteiger partial charge on any atom is -0.326 e. The van der Waals surface area contributed by atoms with Gasteiger partial charge in [-0.2, -0.15) is 0 Å². The highest BCUT2D eigenvalue weighted by Crippen LogP contribution is 2.38. The Morgan fingerprint density at radius 2 is 2.19 bits per heavy atom. The molecule has 1 aliphatic heterocycles. The number of carbonyl (C=O) groups is 1. The summed E-state index contributed by atoms with van der Waals surface area (Å²) in [4.78, 5) is 13.2. The monoisotopic (exact) mass is 363 g/mol. The van der Waals surface area contributed by atoms with Crippen LogP contribution in [0.15, 0.2) is 29.6 Å². The van der Waals surface area contributed by atoms with Crippen LogP contribution in [0.4, 0.5) is 5.69 Å². The van der Waals surface area contributed by atoms with Crippen LogP contribution in [0.2, 0.25) is 0 Å². The molecule has 0 saturated heterocycles. The normalized spacial score (nSPS) is 16.0. The molecule has 0 bridgehead atoms. The molecule has 4 heteroatoms. The van der Waals surface area contributed by atoms with Crippen LogP contribution in [0.1, 0.15) is 46.2 Å². The highest BCUT2D eigenvalue weighted by atomic mass is 79.9. The van der Waals surface area contributed by atoms with E-state index in [-0.39, 0.29) is 10.7 Å². The number of benzene rings is 1. The Hall–Kier alpha value is -1.13. The second kappa shape index (κ2) is 6.32. The Morgan fingerprint density at radius 3 is 3.00 bits per heavy atom. The number of alkyl halides is 1. The first-order chi connectivity index (χ1) is 10.2. The number of hydrogen-bond donors (Lipinski definition) is 1. The molecule has 2 aromatic rings. The van der Waals surface area contributed by atoms with Gasteiger partial charge < -0.3 is 5.32 Å². The highest BCUT2D eigenvalue weighted by Gasteiger charge is 2.18. The van der Waals surface area contributed by atoms with Gasteiger partial charge >= 0.3 is 0 Å². The van der Waals surface area contributed by atoms with Crippen molar-refractivity contribution in [2.24, 2.45) is 0 Å². The van der Waals surface area contributed by atoms with E-state index < -0.39 is 0 Å². The van der Waals surface area contributed by atoms with Crippen LogP contribution in [0, 0.1) is 0 Å². The maximum atomic E-state index is 11.6. The Morgan fingerprint density at radius 1 is 1.33 bits per heavy atom. The molecule has 1 aromatic heterocycles. The van der Waals surface area contributed by atoms with E-state index in [1.807, 2.05) is 6.07 Å². The number of anilines is 1. The molecule has 110 valence electrons. The first-order valence-electron chi connectivity index (χ1n) is 7.32. The highest BCUT2D eigenvalue weighted by molar-refractivity contribution is 9.09. The molecule has 1 amide bonds. The lowest BCUT2D eigenvalue weighted by atomic mass is 10.0. The van der Waals surface area contributed by atoms with Gasteiger partial charge in [0.15, 0.2) is 0 Å². The fourth-order valence-corrected chi connectivity index (χ4v) is 4.67. The quantitative estimate of drug-likeness (QED) is 0.757. The summed E-state index contributed by atoms with van der Waals surface area (Å²) in [6.45, 7) is 2.19. The molecule has 0 aliphatic carbocycles. The largest absolute Gasteiger partial charge is 0.326 e. The third-order valence-corrected chi connectivity index (χ3v) is 6.25. The molecule has 2 nitrogen and oxygen atoms in total. The molecular weight excluding hydrogens is 346 g/mol. The predicted octanol–water partition coefficient (Wildman–Crippen LogP) is 5.07. The Bertz CT molecular complexity index is 665. The van der Waals surface area contributed by atoms with Crippen LogP contribution >= 0.6 is 27.3 Å². The van der Waals surface area contributed by atoms with E-state index in [4.69, 9.17) is 0 Å². The molecule has 21 heavy (non-hydrogen) atoms. The van der Waals surface area contributed by atoms with Gasteiger partial charge in [-0.25, -0.2) is 0 Å². The predicted molar refractivity (Wildman–Crippen MR) is 92.5 cm³/mol. The van der Waals surface area contributed by atoms with Gasteiger partial charge in [-0.3, -0.25) is 4.79 Å². The van der Waals surface area contributed by atoms with Crippen molar-refractivity contribution in [3.05, 3.63) is 51.2 Å². The number of amides is 1. The van der Waals surface area contributed by atoms with Crippen LogP contribution in [0.3, 0.4) is 0 Å². The first-order valence-corrected chi connectivity index (χ1v) is 9.11. The fourth-order valence-electron chi connectivity index (χ4n) is 2.77. The Labute approximate surface area is 137 Å². The molecule has 2 heterocycles. The topological polar surface area (TPSA) is 29.1 Å². The molecule has 0 fully saturated rings. The summed E-state index contributed by atoms with van der Waals surface area (Å²) in [5, 5.41) is 5.15. The summed E-state index contributed by atoms with van der Waals surface area (Å²) >= 11 is 5.65. The SMILES string of the molecule is CCc1ccsc1C(Br)c1ccc2c(c1)CCCC(=O)N2. The molecule has 1 aliphatic rings. The van der Waals surface area contributed by atoms with Crippen molar-refractivity contribution in [1.29, 1.82) is 0 Å². The second-order valence-corrected chi connectivity index (χ2v) is 7.21. The van der Waals surface area contributed by atoms with E-state index in [2.05, 4.69) is 51.7 Å². The molecule has 3 rings (SSSR count). The zero-order chi connectivity index (χ0) is 14.8. The van der Waals surface area contributed by atoms with Crippen molar-refractivity contribution in [3.8, 4) is 0 Å². The first kappa shape index (κ1) is 14.8. The molecular formula is C17H18BrNOS. The maximum Gasteiger partial charge on any atom is 0.224 e. The number of halogens is 1. The number of nitrogens with one attached hydrogen (secondary N) is 1. The standard InChI is InChI=1S/C17H18BrNOS/c1-2-11-8-9-21-17(11)16(18)13-6-7-14-12(10-13)4-3-5-15(20)19-14/h6-10,16H,2-5H2,1H3,(H,19,20). The summed E-state index contributed by atoms with van der Waals surface area (Å²) < 4.78 is 0.